The van der Waals surface area contributed by atoms with Crippen molar-refractivity contribution in [3.8, 4) is 0 Å². The molecule has 7 nitrogen and oxygen atoms in total. The fourth-order valence-electron chi connectivity index (χ4n) is 2.72. The van der Waals surface area contributed by atoms with Crippen molar-refractivity contribution in [3.05, 3.63) is 0 Å². The zero-order valence-corrected chi connectivity index (χ0v) is 15.4. The molecule has 0 amide bonds. The Kier molecular flexibility index (Phi) is 11.1. The molecule has 0 unspecified atom stereocenters. The molecule has 25 heavy (non-hydrogen) atoms. The van der Waals surface area contributed by atoms with Crippen LogP contribution in [0, 0.1) is 11.8 Å². The van der Waals surface area contributed by atoms with Gasteiger partial charge in [-0.2, -0.15) is 0 Å². The lowest BCUT2D eigenvalue weighted by Crippen LogP contribution is -2.47. The first kappa shape index (κ1) is 23.4. The van der Waals surface area contributed by atoms with E-state index in [1.54, 1.807) is 13.8 Å². The molecule has 0 aromatic heterocycles. The monoisotopic (exact) mass is 359 g/mol. The highest BCUT2D eigenvalue weighted by atomic mass is 16.4. The van der Waals surface area contributed by atoms with Gasteiger partial charge in [-0.1, -0.05) is 52.4 Å². The van der Waals surface area contributed by atoms with Gasteiger partial charge >= 0.3 is 17.9 Å². The quantitative estimate of drug-likeness (QED) is 0.329. The lowest BCUT2D eigenvalue weighted by molar-refractivity contribution is -0.144. The normalized spacial score (nSPS) is 14.0. The predicted octanol–water partition coefficient (Wildman–Crippen LogP) is 3.11. The molecule has 7 heteroatoms. The van der Waals surface area contributed by atoms with Gasteiger partial charge in [0.1, 0.15) is 5.54 Å². The van der Waals surface area contributed by atoms with E-state index in [1.807, 2.05) is 0 Å². The lowest BCUT2D eigenvalue weighted by Gasteiger charge is -2.25. The van der Waals surface area contributed by atoms with E-state index >= 15 is 0 Å². The van der Waals surface area contributed by atoms with Crippen LogP contribution in [0.4, 0.5) is 0 Å². The molecule has 0 aliphatic rings. The summed E-state index contributed by atoms with van der Waals surface area (Å²) in [4.78, 5) is 32.9. The summed E-state index contributed by atoms with van der Waals surface area (Å²) in [7, 11) is 0. The number of carboxylic acid groups (broad SMARTS) is 3. The Morgan fingerprint density at radius 3 is 1.40 bits per heavy atom. The molecule has 0 radical (unpaired) electrons. The molecule has 0 aromatic rings. The fraction of sp³-hybridized carbons (Fsp3) is 0.833. The molecule has 0 aromatic carbocycles. The maximum Gasteiger partial charge on any atom is 0.323 e. The van der Waals surface area contributed by atoms with Gasteiger partial charge in [0.05, 0.1) is 11.8 Å². The van der Waals surface area contributed by atoms with Crippen LogP contribution in [0.1, 0.15) is 78.1 Å². The lowest BCUT2D eigenvalue weighted by atomic mass is 9.87. The third-order valence-electron chi connectivity index (χ3n) is 4.79. The van der Waals surface area contributed by atoms with E-state index in [2.05, 4.69) is 0 Å². The first-order valence-corrected chi connectivity index (χ1v) is 9.08. The summed E-state index contributed by atoms with van der Waals surface area (Å²) in [5.41, 5.74) is 4.78. The van der Waals surface area contributed by atoms with Gasteiger partial charge in [0, 0.05) is 0 Å². The smallest absolute Gasteiger partial charge is 0.323 e. The zero-order valence-electron chi connectivity index (χ0n) is 15.4. The Hall–Kier alpha value is -1.63. The zero-order chi connectivity index (χ0) is 19.5. The van der Waals surface area contributed by atoms with Crippen molar-refractivity contribution in [2.45, 2.75) is 83.6 Å². The van der Waals surface area contributed by atoms with Crippen LogP contribution in [0.5, 0.6) is 0 Å². The number of carboxylic acids is 3. The maximum atomic E-state index is 11.5. The van der Waals surface area contributed by atoms with Gasteiger partial charge in [0.2, 0.25) is 0 Å². The third kappa shape index (κ3) is 10.1. The minimum absolute atomic E-state index is 0.370. The van der Waals surface area contributed by atoms with Crippen LogP contribution in [0.2, 0.25) is 0 Å². The second-order valence-electron chi connectivity index (χ2n) is 7.14. The summed E-state index contributed by atoms with van der Waals surface area (Å²) >= 11 is 0. The molecule has 5 N–H and O–H groups in total. The Morgan fingerprint density at radius 2 is 1.12 bits per heavy atom. The van der Waals surface area contributed by atoms with E-state index in [0.29, 0.717) is 38.5 Å². The summed E-state index contributed by atoms with van der Waals surface area (Å²) in [6.45, 7) is 3.33. The van der Waals surface area contributed by atoms with E-state index in [9.17, 15) is 19.5 Å². The van der Waals surface area contributed by atoms with E-state index in [4.69, 9.17) is 15.9 Å². The number of aliphatic carboxylic acids is 3. The molecule has 0 bridgehead atoms. The number of carbonyl (C=O) groups is 3. The second kappa shape index (κ2) is 11.8. The average Bonchev–Trinajstić information content (AvgIpc) is 2.53. The van der Waals surface area contributed by atoms with Crippen molar-refractivity contribution < 1.29 is 29.7 Å². The number of hydrogen-bond donors (Lipinski definition) is 4. The van der Waals surface area contributed by atoms with Crippen molar-refractivity contribution >= 4 is 17.9 Å². The highest BCUT2D eigenvalue weighted by Crippen LogP contribution is 2.22. The van der Waals surface area contributed by atoms with E-state index in [0.717, 1.165) is 25.7 Å². The molecule has 2 atom stereocenters. The van der Waals surface area contributed by atoms with Crippen LogP contribution in [0.25, 0.3) is 0 Å². The molecule has 146 valence electrons. The number of rotatable bonds is 15. The highest BCUT2D eigenvalue weighted by molar-refractivity contribution is 5.78. The molecule has 0 saturated carbocycles. The van der Waals surface area contributed by atoms with Gasteiger partial charge in [0.15, 0.2) is 0 Å². The molecule has 0 aliphatic carbocycles. The molecule has 0 heterocycles. The number of unbranched alkanes of at least 4 members (excludes halogenated alkanes) is 4. The van der Waals surface area contributed by atoms with E-state index in [1.165, 1.54) is 0 Å². The van der Waals surface area contributed by atoms with Crippen LogP contribution in [0.3, 0.4) is 0 Å². The fourth-order valence-corrected chi connectivity index (χ4v) is 2.72. The Balaban J connectivity index is 4.05. The van der Waals surface area contributed by atoms with Crippen LogP contribution in [-0.2, 0) is 14.4 Å². The van der Waals surface area contributed by atoms with Crippen molar-refractivity contribution in [1.82, 2.24) is 0 Å². The molecule has 0 saturated heterocycles. The summed E-state index contributed by atoms with van der Waals surface area (Å²) in [5.74, 6) is -3.39. The third-order valence-corrected chi connectivity index (χ3v) is 4.79. The number of nitrogens with two attached hydrogens (primary N) is 1. The summed E-state index contributed by atoms with van der Waals surface area (Å²) in [6, 6.07) is 0. The minimum Gasteiger partial charge on any atom is -0.481 e. The van der Waals surface area contributed by atoms with Gasteiger partial charge in [-0.15, -0.1) is 0 Å². The van der Waals surface area contributed by atoms with Gasteiger partial charge < -0.3 is 21.1 Å². The average molecular weight is 359 g/mol. The standard InChI is InChI=1S/C18H33NO6/c1-13(15(20)21)9-5-3-7-11-18(19,17(24)25)12-8-4-6-10-14(2)16(22)23/h13-14H,3-12,19H2,1-2H3,(H,20,21)(H,22,23)(H,24,25)/t13-,14-/m0/s1. The van der Waals surface area contributed by atoms with Crippen LogP contribution < -0.4 is 5.73 Å². The molecular weight excluding hydrogens is 326 g/mol. The number of hydrogen-bond acceptors (Lipinski definition) is 4. The molecule has 0 fully saturated rings. The minimum atomic E-state index is -1.25. The topological polar surface area (TPSA) is 138 Å². The maximum absolute atomic E-state index is 11.5. The van der Waals surface area contributed by atoms with E-state index < -0.39 is 23.4 Å². The molecular formula is C18H33NO6. The van der Waals surface area contributed by atoms with Crippen molar-refractivity contribution in [2.24, 2.45) is 17.6 Å². The van der Waals surface area contributed by atoms with Crippen LogP contribution >= 0.6 is 0 Å². The summed E-state index contributed by atoms with van der Waals surface area (Å²) < 4.78 is 0. The Labute approximate surface area is 149 Å². The van der Waals surface area contributed by atoms with E-state index in [-0.39, 0.29) is 11.8 Å². The van der Waals surface area contributed by atoms with Gasteiger partial charge in [-0.05, 0) is 25.7 Å². The predicted molar refractivity (Wildman–Crippen MR) is 94.3 cm³/mol. The Morgan fingerprint density at radius 1 is 0.760 bits per heavy atom. The highest BCUT2D eigenvalue weighted by Gasteiger charge is 2.32. The molecule has 0 aliphatic heterocycles. The molecule has 0 rings (SSSR count). The second-order valence-corrected chi connectivity index (χ2v) is 7.14. The van der Waals surface area contributed by atoms with Crippen molar-refractivity contribution in [2.75, 3.05) is 0 Å². The molecule has 0 spiro atoms. The van der Waals surface area contributed by atoms with Gasteiger partial charge in [-0.3, -0.25) is 14.4 Å². The van der Waals surface area contributed by atoms with Crippen LogP contribution in [0.15, 0.2) is 0 Å². The van der Waals surface area contributed by atoms with Crippen LogP contribution in [-0.4, -0.2) is 38.8 Å². The van der Waals surface area contributed by atoms with Gasteiger partial charge in [0.25, 0.3) is 0 Å². The SMILES string of the molecule is C[C@@H](CCCCCC(N)(CCCCC[C@H](C)C(=O)O)C(=O)O)C(=O)O. The Bertz CT molecular complexity index is 407. The van der Waals surface area contributed by atoms with Gasteiger partial charge in [-0.25, -0.2) is 0 Å². The first-order chi connectivity index (χ1) is 11.6. The van der Waals surface area contributed by atoms with Crippen molar-refractivity contribution in [3.63, 3.8) is 0 Å². The summed E-state index contributed by atoms with van der Waals surface area (Å²) in [5, 5.41) is 27.0. The van der Waals surface area contributed by atoms with Crippen molar-refractivity contribution in [1.29, 1.82) is 0 Å². The first-order valence-electron chi connectivity index (χ1n) is 9.08. The largest absolute Gasteiger partial charge is 0.481 e. The summed E-state index contributed by atoms with van der Waals surface area (Å²) in [6.07, 6.45) is 6.25.